The summed E-state index contributed by atoms with van der Waals surface area (Å²) in [5.74, 6) is 0.970. The van der Waals surface area contributed by atoms with Gasteiger partial charge in [-0.2, -0.15) is 0 Å². The maximum absolute atomic E-state index is 12.6. The topological polar surface area (TPSA) is 67.4 Å². The normalized spacial score (nSPS) is 20.6. The average Bonchev–Trinajstić information content (AvgIpc) is 2.41. The molecule has 20 heavy (non-hydrogen) atoms. The molecule has 112 valence electrons. The van der Waals surface area contributed by atoms with Crippen molar-refractivity contribution in [1.29, 1.82) is 0 Å². The number of nitrogens with zero attached hydrogens (tertiary/aromatic N) is 4. The van der Waals surface area contributed by atoms with Crippen LogP contribution in [-0.4, -0.2) is 53.7 Å². The van der Waals surface area contributed by atoms with Crippen LogP contribution in [-0.2, 0) is 6.54 Å². The minimum atomic E-state index is -0.01000. The van der Waals surface area contributed by atoms with Gasteiger partial charge in [0.2, 0.25) is 0 Å². The summed E-state index contributed by atoms with van der Waals surface area (Å²) in [4.78, 5) is 21.2. The molecule has 1 aliphatic rings. The molecule has 2 N–H and O–H groups in total. The quantitative estimate of drug-likeness (QED) is 0.839. The second-order valence-corrected chi connectivity index (χ2v) is 5.95. The Morgan fingerprint density at radius 3 is 2.85 bits per heavy atom. The van der Waals surface area contributed by atoms with Crippen LogP contribution < -0.4 is 16.2 Å². The van der Waals surface area contributed by atoms with Crippen LogP contribution in [0.3, 0.4) is 0 Å². The van der Waals surface area contributed by atoms with Crippen LogP contribution in [0.1, 0.15) is 13.8 Å². The van der Waals surface area contributed by atoms with E-state index in [4.69, 9.17) is 5.73 Å². The van der Waals surface area contributed by atoms with Crippen LogP contribution in [0.5, 0.6) is 0 Å². The van der Waals surface area contributed by atoms with Crippen molar-refractivity contribution in [1.82, 2.24) is 14.5 Å². The van der Waals surface area contributed by atoms with Gasteiger partial charge in [0.1, 0.15) is 0 Å². The first kappa shape index (κ1) is 15.0. The Kier molecular flexibility index (Phi) is 4.77. The van der Waals surface area contributed by atoms with Crippen molar-refractivity contribution in [3.05, 3.63) is 22.7 Å². The first-order chi connectivity index (χ1) is 9.52. The molecule has 1 aromatic rings. The van der Waals surface area contributed by atoms with Crippen molar-refractivity contribution in [2.24, 2.45) is 11.7 Å². The van der Waals surface area contributed by atoms with E-state index in [1.807, 2.05) is 0 Å². The van der Waals surface area contributed by atoms with Gasteiger partial charge in [0.25, 0.3) is 5.56 Å². The van der Waals surface area contributed by atoms with Gasteiger partial charge in [-0.3, -0.25) is 4.79 Å². The van der Waals surface area contributed by atoms with Crippen LogP contribution in [0.2, 0.25) is 0 Å². The molecule has 0 saturated carbocycles. The van der Waals surface area contributed by atoms with Gasteiger partial charge in [0.15, 0.2) is 5.82 Å². The number of aromatic nitrogens is 2. The zero-order valence-electron chi connectivity index (χ0n) is 12.6. The standard InChI is InChI=1S/C14H25N5O/c1-11(2)9-18-5-4-16-13(14(18)20)19-7-6-17(3)10-12(19)8-15/h4-5,11-12H,6-10,15H2,1-3H3. The molecule has 0 spiro atoms. The Bertz CT molecular complexity index is 499. The lowest BCUT2D eigenvalue weighted by molar-refractivity contribution is 0.268. The van der Waals surface area contributed by atoms with E-state index in [-0.39, 0.29) is 11.6 Å². The van der Waals surface area contributed by atoms with Crippen LogP contribution in [0.25, 0.3) is 0 Å². The molecule has 6 heteroatoms. The zero-order valence-corrected chi connectivity index (χ0v) is 12.6. The maximum atomic E-state index is 12.6. The molecule has 2 heterocycles. The SMILES string of the molecule is CC(C)Cn1ccnc(N2CCN(C)CC2CN)c1=O. The molecule has 1 aromatic heterocycles. The lowest BCUT2D eigenvalue weighted by atomic mass is 10.1. The molecule has 6 nitrogen and oxygen atoms in total. The first-order valence-electron chi connectivity index (χ1n) is 7.23. The summed E-state index contributed by atoms with van der Waals surface area (Å²) in [6, 6.07) is 0.156. The van der Waals surface area contributed by atoms with Crippen molar-refractivity contribution < 1.29 is 0 Å². The van der Waals surface area contributed by atoms with Crippen LogP contribution in [0, 0.1) is 5.92 Å². The average molecular weight is 279 g/mol. The molecule has 0 radical (unpaired) electrons. The number of anilines is 1. The molecule has 1 unspecified atom stereocenters. The number of piperazine rings is 1. The summed E-state index contributed by atoms with van der Waals surface area (Å²) in [5.41, 5.74) is 5.85. The van der Waals surface area contributed by atoms with E-state index in [0.29, 0.717) is 18.3 Å². The third kappa shape index (κ3) is 3.19. The van der Waals surface area contributed by atoms with Crippen molar-refractivity contribution in [2.45, 2.75) is 26.4 Å². The summed E-state index contributed by atoms with van der Waals surface area (Å²) in [6.45, 7) is 8.05. The second kappa shape index (κ2) is 6.37. The predicted octanol–water partition coefficient (Wildman–Crippen LogP) is -0.0216. The Hall–Kier alpha value is -1.40. The summed E-state index contributed by atoms with van der Waals surface area (Å²) in [5, 5.41) is 0. The maximum Gasteiger partial charge on any atom is 0.293 e. The van der Waals surface area contributed by atoms with Crippen LogP contribution in [0.4, 0.5) is 5.82 Å². The van der Waals surface area contributed by atoms with Gasteiger partial charge >= 0.3 is 0 Å². The zero-order chi connectivity index (χ0) is 14.7. The fraction of sp³-hybridized carbons (Fsp3) is 0.714. The van der Waals surface area contributed by atoms with E-state index in [9.17, 15) is 4.79 Å². The number of hydrogen-bond donors (Lipinski definition) is 1. The molecule has 0 aliphatic carbocycles. The fourth-order valence-electron chi connectivity index (χ4n) is 2.66. The predicted molar refractivity (Wildman–Crippen MR) is 81.0 cm³/mol. The fourth-order valence-corrected chi connectivity index (χ4v) is 2.66. The third-order valence-corrected chi connectivity index (χ3v) is 3.69. The highest BCUT2D eigenvalue weighted by atomic mass is 16.1. The minimum absolute atomic E-state index is 0.01000. The molecule has 0 aromatic carbocycles. The summed E-state index contributed by atoms with van der Waals surface area (Å²) in [7, 11) is 2.08. The molecular weight excluding hydrogens is 254 g/mol. The lowest BCUT2D eigenvalue weighted by Gasteiger charge is -2.39. The van der Waals surface area contributed by atoms with E-state index in [1.54, 1.807) is 17.0 Å². The van der Waals surface area contributed by atoms with E-state index in [2.05, 4.69) is 35.7 Å². The van der Waals surface area contributed by atoms with Gasteiger partial charge in [-0.1, -0.05) is 13.8 Å². The first-order valence-corrected chi connectivity index (χ1v) is 7.23. The number of nitrogens with two attached hydrogens (primary N) is 1. The van der Waals surface area contributed by atoms with Crippen molar-refractivity contribution in [3.63, 3.8) is 0 Å². The smallest absolute Gasteiger partial charge is 0.293 e. The molecule has 1 atom stereocenters. The molecule has 1 fully saturated rings. The second-order valence-electron chi connectivity index (χ2n) is 5.95. The van der Waals surface area contributed by atoms with Gasteiger partial charge in [0, 0.05) is 45.1 Å². The molecule has 2 rings (SSSR count). The Morgan fingerprint density at radius 1 is 1.45 bits per heavy atom. The monoisotopic (exact) mass is 279 g/mol. The van der Waals surface area contributed by atoms with E-state index < -0.39 is 0 Å². The van der Waals surface area contributed by atoms with E-state index >= 15 is 0 Å². The van der Waals surface area contributed by atoms with Crippen molar-refractivity contribution in [2.75, 3.05) is 38.1 Å². The van der Waals surface area contributed by atoms with Gasteiger partial charge < -0.3 is 20.1 Å². The Morgan fingerprint density at radius 2 is 2.20 bits per heavy atom. The van der Waals surface area contributed by atoms with E-state index in [1.165, 1.54) is 0 Å². The largest absolute Gasteiger partial charge is 0.345 e. The Balaban J connectivity index is 2.30. The number of rotatable bonds is 4. The van der Waals surface area contributed by atoms with Crippen molar-refractivity contribution >= 4 is 5.82 Å². The summed E-state index contributed by atoms with van der Waals surface area (Å²) in [6.07, 6.45) is 3.48. The Labute approximate surface area is 120 Å². The molecular formula is C14H25N5O. The third-order valence-electron chi connectivity index (χ3n) is 3.69. The molecule has 1 saturated heterocycles. The van der Waals surface area contributed by atoms with Crippen LogP contribution >= 0.6 is 0 Å². The minimum Gasteiger partial charge on any atom is -0.345 e. The highest BCUT2D eigenvalue weighted by molar-refractivity contribution is 5.38. The van der Waals surface area contributed by atoms with Gasteiger partial charge in [0.05, 0.1) is 6.04 Å². The molecule has 0 bridgehead atoms. The number of hydrogen-bond acceptors (Lipinski definition) is 5. The van der Waals surface area contributed by atoms with Crippen LogP contribution in [0.15, 0.2) is 17.2 Å². The molecule has 0 amide bonds. The van der Waals surface area contributed by atoms with Crippen molar-refractivity contribution in [3.8, 4) is 0 Å². The highest BCUT2D eigenvalue weighted by Gasteiger charge is 2.27. The van der Waals surface area contributed by atoms with Gasteiger partial charge in [-0.25, -0.2) is 4.98 Å². The summed E-state index contributed by atoms with van der Waals surface area (Å²) >= 11 is 0. The van der Waals surface area contributed by atoms with Gasteiger partial charge in [-0.15, -0.1) is 0 Å². The lowest BCUT2D eigenvalue weighted by Crippen LogP contribution is -2.56. The van der Waals surface area contributed by atoms with Gasteiger partial charge in [-0.05, 0) is 13.0 Å². The molecule has 1 aliphatic heterocycles. The highest BCUT2D eigenvalue weighted by Crippen LogP contribution is 2.13. The van der Waals surface area contributed by atoms with E-state index in [0.717, 1.165) is 26.2 Å². The number of likely N-dealkylation sites (N-methyl/N-ethyl adjacent to an activating group) is 1. The summed E-state index contributed by atoms with van der Waals surface area (Å²) < 4.78 is 1.75.